The Kier molecular flexibility index (Phi) is 3.42. The normalized spacial score (nSPS) is 10.2. The van der Waals surface area contributed by atoms with Gasteiger partial charge in [0.25, 0.3) is 0 Å². The zero-order valence-electron chi connectivity index (χ0n) is 10.8. The number of carbonyl (C=O) groups is 2. The van der Waals surface area contributed by atoms with Gasteiger partial charge in [-0.05, 0) is 37.1 Å². The highest BCUT2D eigenvalue weighted by molar-refractivity contribution is 6.14. The van der Waals surface area contributed by atoms with Crippen LogP contribution in [0.25, 0.3) is 0 Å². The first-order valence-electron chi connectivity index (χ1n) is 5.86. The molecule has 0 aliphatic rings. The highest BCUT2D eigenvalue weighted by atomic mass is 16.1. The van der Waals surface area contributed by atoms with Crippen LogP contribution in [0.3, 0.4) is 0 Å². The maximum absolute atomic E-state index is 12.5. The van der Waals surface area contributed by atoms with Crippen LogP contribution in [0.5, 0.6) is 0 Å². The minimum Gasteiger partial charge on any atom is -0.384 e. The molecule has 2 N–H and O–H groups in total. The number of ketones is 1. The molecule has 2 aromatic rings. The van der Waals surface area contributed by atoms with Crippen LogP contribution in [-0.2, 0) is 0 Å². The summed E-state index contributed by atoms with van der Waals surface area (Å²) in [5.74, 6) is 0.0706. The van der Waals surface area contributed by atoms with Crippen molar-refractivity contribution in [3.8, 4) is 0 Å². The zero-order chi connectivity index (χ0) is 14.0. The second kappa shape index (κ2) is 5.02. The monoisotopic (exact) mass is 254 g/mol. The van der Waals surface area contributed by atoms with Crippen LogP contribution in [0.1, 0.15) is 37.4 Å². The lowest BCUT2D eigenvalue weighted by atomic mass is 9.92. The zero-order valence-corrected chi connectivity index (χ0v) is 10.8. The molecule has 1 aromatic carbocycles. The topological polar surface area (TPSA) is 73.1 Å². The van der Waals surface area contributed by atoms with Gasteiger partial charge in [-0.15, -0.1) is 0 Å². The summed E-state index contributed by atoms with van der Waals surface area (Å²) in [7, 11) is 0. The number of nitrogens with zero attached hydrogens (tertiary/aromatic N) is 1. The van der Waals surface area contributed by atoms with Crippen molar-refractivity contribution in [3.63, 3.8) is 0 Å². The predicted molar refractivity (Wildman–Crippen MR) is 73.4 cm³/mol. The molecular formula is C15H14N2O2. The molecule has 0 spiro atoms. The molecule has 1 heterocycles. The molecule has 0 unspecified atom stereocenters. The number of hydrogen-bond donors (Lipinski definition) is 1. The Morgan fingerprint density at radius 1 is 1.21 bits per heavy atom. The van der Waals surface area contributed by atoms with Crippen molar-refractivity contribution in [1.29, 1.82) is 0 Å². The quantitative estimate of drug-likeness (QED) is 0.674. The molecule has 4 nitrogen and oxygen atoms in total. The van der Waals surface area contributed by atoms with Crippen molar-refractivity contribution in [2.24, 2.45) is 0 Å². The van der Waals surface area contributed by atoms with Crippen molar-refractivity contribution < 1.29 is 9.59 Å². The van der Waals surface area contributed by atoms with E-state index in [4.69, 9.17) is 5.73 Å². The van der Waals surface area contributed by atoms with Gasteiger partial charge in [0.05, 0.1) is 0 Å². The van der Waals surface area contributed by atoms with Crippen LogP contribution in [0.4, 0.5) is 5.82 Å². The Bertz CT molecular complexity index is 663. The van der Waals surface area contributed by atoms with Gasteiger partial charge in [0.1, 0.15) is 5.82 Å². The minimum absolute atomic E-state index is 0.211. The van der Waals surface area contributed by atoms with Gasteiger partial charge < -0.3 is 5.73 Å². The molecule has 0 amide bonds. The standard InChI is InChI=1S/C15H14N2O2/c1-9-3-4-10(2)14(12(9)8-18)15(19)11-5-6-17-13(16)7-11/h3-8H,1-2H3,(H2,16,17). The Hall–Kier alpha value is -2.49. The fourth-order valence-corrected chi connectivity index (χ4v) is 2.02. The fraction of sp³-hybridized carbons (Fsp3) is 0.133. The number of nitrogens with two attached hydrogens (primary N) is 1. The lowest BCUT2D eigenvalue weighted by molar-refractivity contribution is 0.102. The summed E-state index contributed by atoms with van der Waals surface area (Å²) >= 11 is 0. The molecule has 0 atom stereocenters. The first-order valence-corrected chi connectivity index (χ1v) is 5.86. The minimum atomic E-state index is -0.211. The molecule has 1 aromatic heterocycles. The van der Waals surface area contributed by atoms with Crippen LogP contribution in [0.15, 0.2) is 30.5 Å². The summed E-state index contributed by atoms with van der Waals surface area (Å²) < 4.78 is 0. The lowest BCUT2D eigenvalue weighted by Crippen LogP contribution is -2.10. The van der Waals surface area contributed by atoms with Gasteiger partial charge in [0, 0.05) is 22.9 Å². The third-order valence-corrected chi connectivity index (χ3v) is 3.06. The molecule has 2 rings (SSSR count). The van der Waals surface area contributed by atoms with Crippen molar-refractivity contribution >= 4 is 17.9 Å². The molecule has 0 radical (unpaired) electrons. The number of benzene rings is 1. The van der Waals surface area contributed by atoms with E-state index >= 15 is 0 Å². The van der Waals surface area contributed by atoms with E-state index in [2.05, 4.69) is 4.98 Å². The molecule has 19 heavy (non-hydrogen) atoms. The van der Waals surface area contributed by atoms with Gasteiger partial charge in [-0.1, -0.05) is 12.1 Å². The molecule has 0 bridgehead atoms. The lowest BCUT2D eigenvalue weighted by Gasteiger charge is -2.10. The van der Waals surface area contributed by atoms with Crippen molar-refractivity contribution in [2.45, 2.75) is 13.8 Å². The number of nitrogen functional groups attached to an aromatic ring is 1. The first-order chi connectivity index (χ1) is 9.04. The molecule has 4 heteroatoms. The molecule has 0 saturated carbocycles. The predicted octanol–water partition coefficient (Wildman–Crippen LogP) is 2.32. The van der Waals surface area contributed by atoms with E-state index in [0.717, 1.165) is 17.4 Å². The third-order valence-electron chi connectivity index (χ3n) is 3.06. The second-order valence-electron chi connectivity index (χ2n) is 4.40. The van der Waals surface area contributed by atoms with Crippen molar-refractivity contribution in [3.05, 3.63) is 58.3 Å². The SMILES string of the molecule is Cc1ccc(C)c(C(=O)c2ccnc(N)c2)c1C=O. The number of aromatic nitrogens is 1. The second-order valence-corrected chi connectivity index (χ2v) is 4.40. The molecule has 0 saturated heterocycles. The first kappa shape index (κ1) is 13.0. The van der Waals surface area contributed by atoms with Crippen LogP contribution in [0, 0.1) is 13.8 Å². The van der Waals surface area contributed by atoms with E-state index in [1.54, 1.807) is 13.0 Å². The number of aldehydes is 1. The van der Waals surface area contributed by atoms with Gasteiger partial charge in [0.15, 0.2) is 12.1 Å². The number of aryl methyl sites for hydroxylation is 2. The molecule has 0 aliphatic carbocycles. The average Bonchev–Trinajstić information content (AvgIpc) is 2.40. The Morgan fingerprint density at radius 2 is 1.89 bits per heavy atom. The number of anilines is 1. The molecule has 0 aliphatic heterocycles. The highest BCUT2D eigenvalue weighted by Crippen LogP contribution is 2.21. The Balaban J connectivity index is 2.62. The molecule has 96 valence electrons. The van der Waals surface area contributed by atoms with Crippen molar-refractivity contribution in [1.82, 2.24) is 4.98 Å². The van der Waals surface area contributed by atoms with E-state index in [1.807, 2.05) is 19.1 Å². The number of carbonyl (C=O) groups excluding carboxylic acids is 2. The number of pyridine rings is 1. The smallest absolute Gasteiger partial charge is 0.194 e. The fourth-order valence-electron chi connectivity index (χ4n) is 2.02. The van der Waals surface area contributed by atoms with Crippen LogP contribution in [-0.4, -0.2) is 17.1 Å². The van der Waals surface area contributed by atoms with Gasteiger partial charge in [0.2, 0.25) is 0 Å². The summed E-state index contributed by atoms with van der Waals surface area (Å²) in [6, 6.07) is 6.77. The van der Waals surface area contributed by atoms with Crippen LogP contribution in [0.2, 0.25) is 0 Å². The van der Waals surface area contributed by atoms with Gasteiger partial charge >= 0.3 is 0 Å². The summed E-state index contributed by atoms with van der Waals surface area (Å²) in [4.78, 5) is 27.6. The maximum atomic E-state index is 12.5. The maximum Gasteiger partial charge on any atom is 0.194 e. The van der Waals surface area contributed by atoms with E-state index in [1.165, 1.54) is 12.3 Å². The van der Waals surface area contributed by atoms with E-state index in [9.17, 15) is 9.59 Å². The largest absolute Gasteiger partial charge is 0.384 e. The van der Waals surface area contributed by atoms with Gasteiger partial charge in [-0.25, -0.2) is 4.98 Å². The van der Waals surface area contributed by atoms with Crippen molar-refractivity contribution in [2.75, 3.05) is 5.73 Å². The summed E-state index contributed by atoms with van der Waals surface area (Å²) in [5.41, 5.74) is 8.43. The average molecular weight is 254 g/mol. The summed E-state index contributed by atoms with van der Waals surface area (Å²) in [5, 5.41) is 0. The molecule has 0 fully saturated rings. The summed E-state index contributed by atoms with van der Waals surface area (Å²) in [6.07, 6.45) is 2.20. The van der Waals surface area contributed by atoms with Crippen LogP contribution >= 0.6 is 0 Å². The van der Waals surface area contributed by atoms with E-state index < -0.39 is 0 Å². The molecular weight excluding hydrogens is 240 g/mol. The van der Waals surface area contributed by atoms with E-state index in [-0.39, 0.29) is 11.6 Å². The van der Waals surface area contributed by atoms with E-state index in [0.29, 0.717) is 16.7 Å². The number of rotatable bonds is 3. The highest BCUT2D eigenvalue weighted by Gasteiger charge is 2.17. The summed E-state index contributed by atoms with van der Waals surface area (Å²) in [6.45, 7) is 3.62. The van der Waals surface area contributed by atoms with Gasteiger partial charge in [-0.2, -0.15) is 0 Å². The Morgan fingerprint density at radius 3 is 2.53 bits per heavy atom. The number of hydrogen-bond acceptors (Lipinski definition) is 4. The Labute approximate surface area is 111 Å². The van der Waals surface area contributed by atoms with Crippen LogP contribution < -0.4 is 5.73 Å². The third kappa shape index (κ3) is 2.38. The van der Waals surface area contributed by atoms with Gasteiger partial charge in [-0.3, -0.25) is 9.59 Å².